The lowest BCUT2D eigenvalue weighted by Gasteiger charge is -2.31. The number of urea groups is 1. The van der Waals surface area contributed by atoms with Gasteiger partial charge in [0.05, 0.1) is 25.8 Å². The largest absolute Gasteiger partial charge is 0.493 e. The minimum Gasteiger partial charge on any atom is -0.493 e. The van der Waals surface area contributed by atoms with Gasteiger partial charge in [0.1, 0.15) is 12.4 Å². The maximum atomic E-state index is 13.2. The molecule has 1 atom stereocenters. The van der Waals surface area contributed by atoms with Crippen molar-refractivity contribution in [2.24, 2.45) is 5.92 Å². The topological polar surface area (TPSA) is 85.9 Å². The molecule has 8 heteroatoms. The third-order valence-corrected chi connectivity index (χ3v) is 4.92. The molecule has 2 aromatic carbocycles. The van der Waals surface area contributed by atoms with Crippen LogP contribution in [0, 0.1) is 11.7 Å². The minimum atomic E-state index is -0.808. The van der Waals surface area contributed by atoms with Crippen molar-refractivity contribution in [1.82, 2.24) is 10.6 Å². The molecule has 0 fully saturated rings. The number of ether oxygens (including phenoxy) is 3. The van der Waals surface area contributed by atoms with E-state index in [4.69, 9.17) is 14.2 Å². The van der Waals surface area contributed by atoms with E-state index in [1.54, 1.807) is 30.3 Å². The number of carbonyl (C=O) groups is 2. The number of amides is 2. The molecule has 2 amide bonds. The number of halogens is 1. The minimum absolute atomic E-state index is 0.128. The van der Waals surface area contributed by atoms with Crippen LogP contribution in [-0.2, 0) is 16.1 Å². The van der Waals surface area contributed by atoms with Crippen LogP contribution >= 0.6 is 0 Å². The van der Waals surface area contributed by atoms with Crippen molar-refractivity contribution in [2.45, 2.75) is 26.5 Å². The van der Waals surface area contributed by atoms with E-state index in [0.717, 1.165) is 5.56 Å². The number of benzene rings is 2. The summed E-state index contributed by atoms with van der Waals surface area (Å²) in [6.45, 7) is 3.89. The Labute approximate surface area is 180 Å². The summed E-state index contributed by atoms with van der Waals surface area (Å²) in [7, 11) is 2.79. The first-order valence-electron chi connectivity index (χ1n) is 9.79. The van der Waals surface area contributed by atoms with Crippen LogP contribution in [0.1, 0.15) is 31.0 Å². The Hall–Kier alpha value is -3.55. The van der Waals surface area contributed by atoms with Crippen molar-refractivity contribution >= 4 is 12.0 Å². The van der Waals surface area contributed by atoms with Crippen molar-refractivity contribution in [3.05, 3.63) is 70.7 Å². The van der Waals surface area contributed by atoms with Gasteiger partial charge in [-0.3, -0.25) is 0 Å². The van der Waals surface area contributed by atoms with Crippen molar-refractivity contribution < 1.29 is 28.2 Å². The molecule has 0 saturated heterocycles. The predicted molar refractivity (Wildman–Crippen MR) is 112 cm³/mol. The normalized spacial score (nSPS) is 15.9. The van der Waals surface area contributed by atoms with Gasteiger partial charge in [-0.2, -0.15) is 0 Å². The molecule has 1 aliphatic heterocycles. The smallest absolute Gasteiger partial charge is 0.337 e. The number of rotatable bonds is 7. The molecule has 0 radical (unpaired) electrons. The van der Waals surface area contributed by atoms with E-state index < -0.39 is 18.0 Å². The average Bonchev–Trinajstić information content (AvgIpc) is 2.77. The summed E-state index contributed by atoms with van der Waals surface area (Å²) in [5, 5.41) is 5.50. The number of methoxy groups -OCH3 is 2. The Kier molecular flexibility index (Phi) is 6.79. The van der Waals surface area contributed by atoms with Gasteiger partial charge in [-0.25, -0.2) is 14.0 Å². The van der Waals surface area contributed by atoms with E-state index in [0.29, 0.717) is 22.8 Å². The van der Waals surface area contributed by atoms with Crippen molar-refractivity contribution in [2.75, 3.05) is 14.2 Å². The van der Waals surface area contributed by atoms with Crippen molar-refractivity contribution in [1.29, 1.82) is 0 Å². The number of carbonyl (C=O) groups excluding carboxylic acids is 2. The molecule has 1 unspecified atom stereocenters. The highest BCUT2D eigenvalue weighted by molar-refractivity contribution is 5.95. The second kappa shape index (κ2) is 9.51. The summed E-state index contributed by atoms with van der Waals surface area (Å²) in [5.74, 6) is -0.229. The number of nitrogens with one attached hydrogen (secondary N) is 2. The SMILES string of the molecule is COC(=O)C1=C(C(C)C)NC(=O)NC1c1cccc(OC)c1OCc1ccc(F)cc1. The molecular formula is C23H25FN2O5. The fourth-order valence-electron chi connectivity index (χ4n) is 3.42. The van der Waals surface area contributed by atoms with Gasteiger partial charge in [0.25, 0.3) is 0 Å². The monoisotopic (exact) mass is 428 g/mol. The molecule has 1 aliphatic rings. The summed E-state index contributed by atoms with van der Waals surface area (Å²) >= 11 is 0. The van der Waals surface area contributed by atoms with Gasteiger partial charge in [0, 0.05) is 11.3 Å². The molecule has 164 valence electrons. The van der Waals surface area contributed by atoms with Gasteiger partial charge in [-0.1, -0.05) is 38.1 Å². The molecule has 3 rings (SSSR count). The van der Waals surface area contributed by atoms with Crippen molar-refractivity contribution in [3.8, 4) is 11.5 Å². The summed E-state index contributed by atoms with van der Waals surface area (Å²) in [5.41, 5.74) is 2.05. The molecular weight excluding hydrogens is 403 g/mol. The number of allylic oxidation sites excluding steroid dienone is 1. The van der Waals surface area contributed by atoms with Crippen molar-refractivity contribution in [3.63, 3.8) is 0 Å². The Balaban J connectivity index is 2.07. The summed E-state index contributed by atoms with van der Waals surface area (Å²) < 4.78 is 29.7. The average molecular weight is 428 g/mol. The zero-order valence-electron chi connectivity index (χ0n) is 17.8. The van der Waals surface area contributed by atoms with Gasteiger partial charge < -0.3 is 24.8 Å². The molecule has 0 bridgehead atoms. The predicted octanol–water partition coefficient (Wildman–Crippen LogP) is 3.85. The van der Waals surface area contributed by atoms with E-state index >= 15 is 0 Å². The van der Waals surface area contributed by atoms with Crippen LogP contribution in [0.15, 0.2) is 53.7 Å². The first-order valence-corrected chi connectivity index (χ1v) is 9.79. The van der Waals surface area contributed by atoms with Crippen LogP contribution in [0.25, 0.3) is 0 Å². The molecule has 0 aromatic heterocycles. The Morgan fingerprint density at radius 2 is 1.84 bits per heavy atom. The number of esters is 1. The van der Waals surface area contributed by atoms with Gasteiger partial charge in [0.2, 0.25) is 0 Å². The zero-order chi connectivity index (χ0) is 22.5. The highest BCUT2D eigenvalue weighted by atomic mass is 19.1. The van der Waals surface area contributed by atoms with Crippen LogP contribution in [0.2, 0.25) is 0 Å². The maximum Gasteiger partial charge on any atom is 0.337 e. The second-order valence-corrected chi connectivity index (χ2v) is 7.30. The lowest BCUT2D eigenvalue weighted by molar-refractivity contribution is -0.136. The summed E-state index contributed by atoms with van der Waals surface area (Å²) in [6, 6.07) is 9.91. The highest BCUT2D eigenvalue weighted by Gasteiger charge is 2.36. The molecule has 1 heterocycles. The Morgan fingerprint density at radius 1 is 1.13 bits per heavy atom. The fraction of sp³-hybridized carbons (Fsp3) is 0.304. The lowest BCUT2D eigenvalue weighted by Crippen LogP contribution is -2.47. The van der Waals surface area contributed by atoms with E-state index in [1.165, 1.54) is 26.4 Å². The van der Waals surface area contributed by atoms with E-state index in [1.807, 2.05) is 13.8 Å². The first kappa shape index (κ1) is 22.1. The zero-order valence-corrected chi connectivity index (χ0v) is 17.8. The number of para-hydroxylation sites is 1. The molecule has 0 spiro atoms. The highest BCUT2D eigenvalue weighted by Crippen LogP contribution is 2.40. The van der Waals surface area contributed by atoms with E-state index in [-0.39, 0.29) is 23.9 Å². The lowest BCUT2D eigenvalue weighted by atomic mass is 9.91. The number of hydrogen-bond donors (Lipinski definition) is 2. The summed E-state index contributed by atoms with van der Waals surface area (Å²) in [4.78, 5) is 25.0. The van der Waals surface area contributed by atoms with Gasteiger partial charge in [-0.15, -0.1) is 0 Å². The van der Waals surface area contributed by atoms with Gasteiger partial charge >= 0.3 is 12.0 Å². The van der Waals surface area contributed by atoms with Crippen LogP contribution in [-0.4, -0.2) is 26.2 Å². The standard InChI is InChI=1S/C23H25FN2O5/c1-13(2)19-18(22(27)30-4)20(26-23(28)25-19)16-6-5-7-17(29-3)21(16)31-12-14-8-10-15(24)11-9-14/h5-11,13,20H,12H2,1-4H3,(H2,25,26,28). The fourth-order valence-corrected chi connectivity index (χ4v) is 3.42. The Bertz CT molecular complexity index is 1000. The van der Waals surface area contributed by atoms with Crippen LogP contribution in [0.5, 0.6) is 11.5 Å². The maximum absolute atomic E-state index is 13.2. The second-order valence-electron chi connectivity index (χ2n) is 7.30. The van der Waals surface area contributed by atoms with E-state index in [9.17, 15) is 14.0 Å². The molecule has 2 aromatic rings. The van der Waals surface area contributed by atoms with Gasteiger partial charge in [-0.05, 0) is 29.7 Å². The molecule has 7 nitrogen and oxygen atoms in total. The van der Waals surface area contributed by atoms with Gasteiger partial charge in [0.15, 0.2) is 11.5 Å². The third-order valence-electron chi connectivity index (χ3n) is 4.92. The molecule has 0 aliphatic carbocycles. The molecule has 31 heavy (non-hydrogen) atoms. The third kappa shape index (κ3) is 4.79. The molecule has 2 N–H and O–H groups in total. The molecule has 0 saturated carbocycles. The van der Waals surface area contributed by atoms with Crippen LogP contribution in [0.4, 0.5) is 9.18 Å². The quantitative estimate of drug-likeness (QED) is 0.655. The number of hydrogen-bond acceptors (Lipinski definition) is 5. The Morgan fingerprint density at radius 3 is 2.45 bits per heavy atom. The first-order chi connectivity index (χ1) is 14.8. The van der Waals surface area contributed by atoms with Crippen LogP contribution < -0.4 is 20.1 Å². The van der Waals surface area contributed by atoms with E-state index in [2.05, 4.69) is 10.6 Å². The summed E-state index contributed by atoms with van der Waals surface area (Å²) in [6.07, 6.45) is 0. The van der Waals surface area contributed by atoms with Crippen LogP contribution in [0.3, 0.4) is 0 Å².